The number of benzene rings is 1. The molecule has 114 valence electrons. The Morgan fingerprint density at radius 1 is 1.24 bits per heavy atom. The summed E-state index contributed by atoms with van der Waals surface area (Å²) in [7, 11) is 0. The summed E-state index contributed by atoms with van der Waals surface area (Å²) >= 11 is 12.5. The molecule has 1 aromatic heterocycles. The molecule has 1 fully saturated rings. The second-order valence-corrected chi connectivity index (χ2v) is 8.42. The van der Waals surface area contributed by atoms with Crippen LogP contribution >= 0.6 is 23.2 Å². The van der Waals surface area contributed by atoms with Gasteiger partial charge in [-0.1, -0.05) is 39.3 Å². The molecule has 0 radical (unpaired) electrons. The number of alkyl halides is 1. The molecule has 2 nitrogen and oxygen atoms in total. The van der Waals surface area contributed by atoms with E-state index in [1.807, 2.05) is 25.1 Å². The van der Waals surface area contributed by atoms with Crippen LogP contribution in [-0.4, -0.2) is 9.55 Å². The van der Waals surface area contributed by atoms with Gasteiger partial charge in [-0.25, -0.2) is 4.98 Å². The number of hydrogen-bond donors (Lipinski definition) is 0. The molecule has 1 unspecified atom stereocenters. The smallest absolute Gasteiger partial charge is 0.127 e. The summed E-state index contributed by atoms with van der Waals surface area (Å²) in [6.45, 7) is 12.3. The minimum absolute atomic E-state index is 0.110. The maximum absolute atomic E-state index is 6.35. The third-order valence-corrected chi connectivity index (χ3v) is 6.21. The summed E-state index contributed by atoms with van der Waals surface area (Å²) in [6, 6.07) is 5.85. The van der Waals surface area contributed by atoms with Crippen LogP contribution in [0.2, 0.25) is 5.02 Å². The fourth-order valence-electron chi connectivity index (χ4n) is 3.58. The van der Waals surface area contributed by atoms with E-state index in [0.717, 1.165) is 28.4 Å². The minimum Gasteiger partial charge on any atom is -0.326 e. The van der Waals surface area contributed by atoms with Crippen molar-refractivity contribution in [2.75, 3.05) is 0 Å². The second-order valence-electron chi connectivity index (χ2n) is 7.33. The Hall–Kier alpha value is -0.730. The van der Waals surface area contributed by atoms with Gasteiger partial charge in [-0.05, 0) is 41.9 Å². The Labute approximate surface area is 136 Å². The van der Waals surface area contributed by atoms with Gasteiger partial charge in [0.05, 0.1) is 16.4 Å². The Kier molecular flexibility index (Phi) is 3.35. The van der Waals surface area contributed by atoms with Gasteiger partial charge in [0.15, 0.2) is 0 Å². The maximum Gasteiger partial charge on any atom is 0.127 e. The number of fused-ring (bicyclic) bond motifs is 1. The average Bonchev–Trinajstić information content (AvgIpc) is 2.70. The molecule has 1 aliphatic carbocycles. The zero-order valence-electron chi connectivity index (χ0n) is 13.2. The molecule has 0 bridgehead atoms. The van der Waals surface area contributed by atoms with E-state index in [4.69, 9.17) is 28.2 Å². The van der Waals surface area contributed by atoms with Crippen molar-refractivity contribution in [1.29, 1.82) is 0 Å². The maximum atomic E-state index is 6.35. The van der Waals surface area contributed by atoms with Crippen molar-refractivity contribution in [3.05, 3.63) is 29.0 Å². The van der Waals surface area contributed by atoms with Gasteiger partial charge in [0.25, 0.3) is 0 Å². The standard InChI is InChI=1S/C17H22Cl2N2/c1-10(18)15-20-12-7-6-11(19)8-13(12)21(15)9-14-16(2,3)17(14,4)5/h6-8,10,14H,9H2,1-5H3. The molecule has 3 rings (SSSR count). The summed E-state index contributed by atoms with van der Waals surface area (Å²) in [5.41, 5.74) is 2.74. The van der Waals surface area contributed by atoms with E-state index < -0.39 is 0 Å². The van der Waals surface area contributed by atoms with Gasteiger partial charge in [-0.2, -0.15) is 0 Å². The van der Waals surface area contributed by atoms with Gasteiger partial charge in [0.2, 0.25) is 0 Å². The first-order valence-electron chi connectivity index (χ1n) is 7.46. The third-order valence-electron chi connectivity index (χ3n) is 5.78. The first kappa shape index (κ1) is 15.2. The van der Waals surface area contributed by atoms with Gasteiger partial charge in [0.1, 0.15) is 5.82 Å². The van der Waals surface area contributed by atoms with Crippen molar-refractivity contribution in [2.45, 2.75) is 46.5 Å². The summed E-state index contributed by atoms with van der Waals surface area (Å²) < 4.78 is 2.26. The van der Waals surface area contributed by atoms with Crippen molar-refractivity contribution in [3.8, 4) is 0 Å². The van der Waals surface area contributed by atoms with Gasteiger partial charge in [0, 0.05) is 11.6 Å². The lowest BCUT2D eigenvalue weighted by Gasteiger charge is -2.12. The van der Waals surface area contributed by atoms with Crippen LogP contribution in [-0.2, 0) is 6.54 Å². The van der Waals surface area contributed by atoms with E-state index in [1.54, 1.807) is 0 Å². The summed E-state index contributed by atoms with van der Waals surface area (Å²) in [4.78, 5) is 4.70. The molecule has 1 aliphatic rings. The van der Waals surface area contributed by atoms with Crippen molar-refractivity contribution < 1.29 is 0 Å². The van der Waals surface area contributed by atoms with E-state index in [0.29, 0.717) is 16.7 Å². The highest BCUT2D eigenvalue weighted by molar-refractivity contribution is 6.31. The highest BCUT2D eigenvalue weighted by Gasteiger charge is 2.64. The first-order chi connectivity index (χ1) is 9.66. The molecule has 1 aromatic carbocycles. The number of aromatic nitrogens is 2. The molecule has 0 amide bonds. The molecule has 4 heteroatoms. The minimum atomic E-state index is -0.110. The number of rotatable bonds is 3. The Morgan fingerprint density at radius 3 is 2.38 bits per heavy atom. The fourth-order valence-corrected chi connectivity index (χ4v) is 3.92. The van der Waals surface area contributed by atoms with E-state index in [-0.39, 0.29) is 5.38 Å². The molecular formula is C17H22Cl2N2. The topological polar surface area (TPSA) is 17.8 Å². The molecule has 0 N–H and O–H groups in total. The van der Waals surface area contributed by atoms with Crippen LogP contribution < -0.4 is 0 Å². The average molecular weight is 325 g/mol. The molecule has 1 saturated carbocycles. The molecular weight excluding hydrogens is 303 g/mol. The molecule has 21 heavy (non-hydrogen) atoms. The van der Waals surface area contributed by atoms with E-state index >= 15 is 0 Å². The van der Waals surface area contributed by atoms with E-state index in [1.165, 1.54) is 0 Å². The predicted octanol–water partition coefficient (Wildman–Crippen LogP) is 5.67. The van der Waals surface area contributed by atoms with Crippen LogP contribution in [0.15, 0.2) is 18.2 Å². The Balaban J connectivity index is 2.08. The van der Waals surface area contributed by atoms with Gasteiger partial charge in [-0.15, -0.1) is 11.6 Å². The predicted molar refractivity (Wildman–Crippen MR) is 90.1 cm³/mol. The highest BCUT2D eigenvalue weighted by atomic mass is 35.5. The van der Waals surface area contributed by atoms with Crippen LogP contribution in [0.5, 0.6) is 0 Å². The number of halogens is 2. The highest BCUT2D eigenvalue weighted by Crippen LogP contribution is 2.69. The zero-order chi connectivity index (χ0) is 15.6. The normalized spacial score (nSPS) is 21.7. The molecule has 0 spiro atoms. The summed E-state index contributed by atoms with van der Waals surface area (Å²) in [6.07, 6.45) is 0. The second kappa shape index (κ2) is 4.63. The van der Waals surface area contributed by atoms with Crippen LogP contribution in [0, 0.1) is 16.7 Å². The van der Waals surface area contributed by atoms with Gasteiger partial charge in [-0.3, -0.25) is 0 Å². The van der Waals surface area contributed by atoms with E-state index in [2.05, 4.69) is 32.3 Å². The van der Waals surface area contributed by atoms with Crippen molar-refractivity contribution >= 4 is 34.2 Å². The monoisotopic (exact) mass is 324 g/mol. The van der Waals surface area contributed by atoms with Crippen LogP contribution in [0.25, 0.3) is 11.0 Å². The van der Waals surface area contributed by atoms with Crippen molar-refractivity contribution in [1.82, 2.24) is 9.55 Å². The molecule has 2 aromatic rings. The summed E-state index contributed by atoms with van der Waals surface area (Å²) in [5, 5.41) is 0.632. The van der Waals surface area contributed by atoms with Crippen molar-refractivity contribution in [3.63, 3.8) is 0 Å². The third kappa shape index (κ3) is 2.19. The molecule has 1 atom stereocenters. The van der Waals surface area contributed by atoms with Crippen LogP contribution in [0.3, 0.4) is 0 Å². The number of nitrogens with zero attached hydrogens (tertiary/aromatic N) is 2. The van der Waals surface area contributed by atoms with Crippen LogP contribution in [0.1, 0.15) is 45.8 Å². The fraction of sp³-hybridized carbons (Fsp3) is 0.588. The molecule has 0 saturated heterocycles. The lowest BCUT2D eigenvalue weighted by atomic mass is 10.0. The lowest BCUT2D eigenvalue weighted by Crippen LogP contribution is -2.09. The largest absolute Gasteiger partial charge is 0.326 e. The Bertz CT molecular complexity index is 684. The lowest BCUT2D eigenvalue weighted by molar-refractivity contribution is 0.457. The SMILES string of the molecule is CC(Cl)c1nc2ccc(Cl)cc2n1CC1C(C)(C)C1(C)C. The molecule has 1 heterocycles. The van der Waals surface area contributed by atoms with Crippen molar-refractivity contribution in [2.24, 2.45) is 16.7 Å². The number of hydrogen-bond acceptors (Lipinski definition) is 1. The van der Waals surface area contributed by atoms with Crippen LogP contribution in [0.4, 0.5) is 0 Å². The van der Waals surface area contributed by atoms with Gasteiger partial charge >= 0.3 is 0 Å². The number of imidazole rings is 1. The first-order valence-corrected chi connectivity index (χ1v) is 8.27. The summed E-state index contributed by atoms with van der Waals surface area (Å²) in [5.74, 6) is 1.56. The molecule has 0 aliphatic heterocycles. The van der Waals surface area contributed by atoms with E-state index in [9.17, 15) is 0 Å². The van der Waals surface area contributed by atoms with Gasteiger partial charge < -0.3 is 4.57 Å². The quantitative estimate of drug-likeness (QED) is 0.665. The Morgan fingerprint density at radius 2 is 1.86 bits per heavy atom. The zero-order valence-corrected chi connectivity index (χ0v) is 14.8.